The van der Waals surface area contributed by atoms with Gasteiger partial charge in [0.15, 0.2) is 5.78 Å². The van der Waals surface area contributed by atoms with Crippen LogP contribution in [0.15, 0.2) is 42.7 Å². The van der Waals surface area contributed by atoms with Gasteiger partial charge in [-0.25, -0.2) is 9.97 Å². The fourth-order valence-corrected chi connectivity index (χ4v) is 1.55. The van der Waals surface area contributed by atoms with Crippen LogP contribution >= 0.6 is 0 Å². The monoisotopic (exact) mass is 286 g/mol. The van der Waals surface area contributed by atoms with Crippen LogP contribution in [0.25, 0.3) is 0 Å². The van der Waals surface area contributed by atoms with Crippen molar-refractivity contribution in [3.05, 3.63) is 48.3 Å². The number of nitrogens with zero attached hydrogens (tertiary/aromatic N) is 2. The van der Waals surface area contributed by atoms with Crippen LogP contribution in [-0.4, -0.2) is 28.3 Å². The van der Waals surface area contributed by atoms with Crippen molar-refractivity contribution in [1.82, 2.24) is 9.97 Å². The number of aromatic nitrogens is 2. The molecule has 0 spiro atoms. The van der Waals surface area contributed by atoms with Gasteiger partial charge in [0, 0.05) is 12.4 Å². The van der Waals surface area contributed by atoms with Crippen molar-refractivity contribution in [2.75, 3.05) is 6.61 Å². The minimum absolute atomic E-state index is 0.133. The molecule has 0 amide bonds. The van der Waals surface area contributed by atoms with E-state index in [0.717, 1.165) is 0 Å². The van der Waals surface area contributed by atoms with Crippen LogP contribution < -0.4 is 4.74 Å². The molecular weight excluding hydrogens is 272 g/mol. The van der Waals surface area contributed by atoms with Crippen LogP contribution in [-0.2, 0) is 9.53 Å². The summed E-state index contributed by atoms with van der Waals surface area (Å²) in [5.41, 5.74) is 0.239. The Balaban J connectivity index is 1.98. The van der Waals surface area contributed by atoms with Gasteiger partial charge in [0.1, 0.15) is 12.2 Å². The molecule has 0 saturated carbocycles. The summed E-state index contributed by atoms with van der Waals surface area (Å²) in [7, 11) is 0. The first-order valence-corrected chi connectivity index (χ1v) is 6.43. The highest BCUT2D eigenvalue weighted by Gasteiger charge is 2.13. The molecule has 0 aliphatic heterocycles. The fraction of sp³-hybridized carbons (Fsp3) is 0.200. The third-order valence-corrected chi connectivity index (χ3v) is 2.51. The third kappa shape index (κ3) is 4.38. The number of ether oxygens (including phenoxy) is 2. The Labute approximate surface area is 121 Å². The van der Waals surface area contributed by atoms with E-state index in [1.165, 1.54) is 12.4 Å². The Hall–Kier alpha value is -2.76. The molecular formula is C15H14N2O4. The number of hydrogen-bond donors (Lipinski definition) is 0. The van der Waals surface area contributed by atoms with Crippen LogP contribution in [0.1, 0.15) is 23.7 Å². The Morgan fingerprint density at radius 2 is 1.76 bits per heavy atom. The first-order chi connectivity index (χ1) is 10.2. The van der Waals surface area contributed by atoms with Crippen molar-refractivity contribution >= 4 is 11.8 Å². The Bertz CT molecular complexity index is 611. The smallest absolute Gasteiger partial charge is 0.321 e. The quantitative estimate of drug-likeness (QED) is 0.461. The summed E-state index contributed by atoms with van der Waals surface area (Å²) in [4.78, 5) is 30.9. The van der Waals surface area contributed by atoms with Gasteiger partial charge >= 0.3 is 12.0 Å². The molecule has 0 bridgehead atoms. The number of ketones is 1. The van der Waals surface area contributed by atoms with E-state index in [4.69, 9.17) is 9.47 Å². The molecule has 1 aromatic heterocycles. The molecule has 0 unspecified atom stereocenters. The molecule has 1 heterocycles. The molecule has 6 heteroatoms. The van der Waals surface area contributed by atoms with Gasteiger partial charge in [0.05, 0.1) is 12.2 Å². The predicted molar refractivity (Wildman–Crippen MR) is 74.1 cm³/mol. The fourth-order valence-electron chi connectivity index (χ4n) is 1.55. The topological polar surface area (TPSA) is 78.4 Å². The van der Waals surface area contributed by atoms with Gasteiger partial charge in [0.25, 0.3) is 0 Å². The lowest BCUT2D eigenvalue weighted by Gasteiger charge is -2.04. The zero-order valence-electron chi connectivity index (χ0n) is 11.5. The molecule has 0 aliphatic carbocycles. The average molecular weight is 286 g/mol. The van der Waals surface area contributed by atoms with Crippen molar-refractivity contribution in [3.8, 4) is 11.8 Å². The summed E-state index contributed by atoms with van der Waals surface area (Å²) in [6.45, 7) is 1.92. The van der Waals surface area contributed by atoms with Crippen LogP contribution in [0.5, 0.6) is 11.8 Å². The summed E-state index contributed by atoms with van der Waals surface area (Å²) in [5, 5.41) is 0. The number of benzene rings is 1. The molecule has 0 aliphatic rings. The number of Topliss-reactive ketones (excluding diaryl/α,β-unsaturated/α-hetero) is 1. The van der Waals surface area contributed by atoms with E-state index in [2.05, 4.69) is 9.97 Å². The maximum absolute atomic E-state index is 11.8. The largest absolute Gasteiger partial charge is 0.466 e. The van der Waals surface area contributed by atoms with Crippen LogP contribution in [0, 0.1) is 0 Å². The number of para-hydroxylation sites is 1. The van der Waals surface area contributed by atoms with Gasteiger partial charge in [-0.05, 0) is 19.1 Å². The Morgan fingerprint density at radius 1 is 1.10 bits per heavy atom. The molecule has 108 valence electrons. The average Bonchev–Trinajstić information content (AvgIpc) is 2.49. The molecule has 0 N–H and O–H groups in total. The van der Waals surface area contributed by atoms with E-state index in [-0.39, 0.29) is 30.4 Å². The van der Waals surface area contributed by atoms with Crippen molar-refractivity contribution in [2.45, 2.75) is 13.3 Å². The highest BCUT2D eigenvalue weighted by atomic mass is 16.5. The van der Waals surface area contributed by atoms with E-state index >= 15 is 0 Å². The standard InChI is InChI=1S/C15H14N2O4/c1-2-20-14(19)8-13(18)11-9-16-15(17-10-11)21-12-6-4-3-5-7-12/h3-7,9-10H,2,8H2,1H3. The van der Waals surface area contributed by atoms with Gasteiger partial charge in [-0.3, -0.25) is 9.59 Å². The number of rotatable bonds is 6. The van der Waals surface area contributed by atoms with Crippen molar-refractivity contribution in [1.29, 1.82) is 0 Å². The number of esters is 1. The predicted octanol–water partition coefficient (Wildman–Crippen LogP) is 2.40. The lowest BCUT2D eigenvalue weighted by atomic mass is 10.2. The first-order valence-electron chi connectivity index (χ1n) is 6.43. The van der Waals surface area contributed by atoms with E-state index in [1.807, 2.05) is 18.2 Å². The van der Waals surface area contributed by atoms with Crippen molar-refractivity contribution in [2.24, 2.45) is 0 Å². The van der Waals surface area contributed by atoms with E-state index < -0.39 is 5.97 Å². The van der Waals surface area contributed by atoms with Gasteiger partial charge in [0.2, 0.25) is 0 Å². The molecule has 0 radical (unpaired) electrons. The summed E-state index contributed by atoms with van der Waals surface area (Å²) in [6, 6.07) is 9.19. The number of carbonyl (C=O) groups is 2. The van der Waals surface area contributed by atoms with Gasteiger partial charge < -0.3 is 9.47 Å². The van der Waals surface area contributed by atoms with Gasteiger partial charge in [-0.1, -0.05) is 18.2 Å². The van der Waals surface area contributed by atoms with Crippen LogP contribution in [0.3, 0.4) is 0 Å². The van der Waals surface area contributed by atoms with E-state index in [1.54, 1.807) is 19.1 Å². The minimum atomic E-state index is -0.563. The molecule has 2 rings (SSSR count). The number of carbonyl (C=O) groups excluding carboxylic acids is 2. The van der Waals surface area contributed by atoms with E-state index in [0.29, 0.717) is 5.75 Å². The van der Waals surface area contributed by atoms with Gasteiger partial charge in [-0.2, -0.15) is 0 Å². The van der Waals surface area contributed by atoms with Gasteiger partial charge in [-0.15, -0.1) is 0 Å². The summed E-state index contributed by atoms with van der Waals surface area (Å²) in [6.07, 6.45) is 2.33. The summed E-state index contributed by atoms with van der Waals surface area (Å²) < 4.78 is 10.1. The minimum Gasteiger partial charge on any atom is -0.466 e. The first kappa shape index (κ1) is 14.6. The second-order valence-corrected chi connectivity index (χ2v) is 4.07. The molecule has 2 aromatic rings. The molecule has 21 heavy (non-hydrogen) atoms. The van der Waals surface area contributed by atoms with Crippen LogP contribution in [0.4, 0.5) is 0 Å². The molecule has 0 fully saturated rings. The Kier molecular flexibility index (Phi) is 4.98. The maximum atomic E-state index is 11.8. The second-order valence-electron chi connectivity index (χ2n) is 4.07. The molecule has 0 saturated heterocycles. The molecule has 0 atom stereocenters. The van der Waals surface area contributed by atoms with Crippen molar-refractivity contribution < 1.29 is 19.1 Å². The van der Waals surface area contributed by atoms with E-state index in [9.17, 15) is 9.59 Å². The zero-order chi connectivity index (χ0) is 15.1. The Morgan fingerprint density at radius 3 is 2.38 bits per heavy atom. The second kappa shape index (κ2) is 7.14. The van der Waals surface area contributed by atoms with Crippen molar-refractivity contribution in [3.63, 3.8) is 0 Å². The third-order valence-electron chi connectivity index (χ3n) is 2.51. The summed E-state index contributed by atoms with van der Waals surface area (Å²) in [5.74, 6) is -0.352. The number of hydrogen-bond acceptors (Lipinski definition) is 6. The summed E-state index contributed by atoms with van der Waals surface area (Å²) >= 11 is 0. The maximum Gasteiger partial charge on any atom is 0.321 e. The van der Waals surface area contributed by atoms with Crippen LogP contribution in [0.2, 0.25) is 0 Å². The zero-order valence-corrected chi connectivity index (χ0v) is 11.5. The normalized spacial score (nSPS) is 9.95. The highest BCUT2D eigenvalue weighted by Crippen LogP contribution is 2.16. The SMILES string of the molecule is CCOC(=O)CC(=O)c1cnc(Oc2ccccc2)nc1. The molecule has 1 aromatic carbocycles. The molecule has 6 nitrogen and oxygen atoms in total. The lowest BCUT2D eigenvalue weighted by Crippen LogP contribution is -2.12. The lowest BCUT2D eigenvalue weighted by molar-refractivity contribution is -0.141. The highest BCUT2D eigenvalue weighted by molar-refractivity contribution is 6.05.